The van der Waals surface area contributed by atoms with Gasteiger partial charge in [0, 0.05) is 4.47 Å². The topological polar surface area (TPSA) is 34.1 Å². The SMILES string of the molecule is O=S1(=O)CCc2ccc(Br)cc21. The molecular formula is C8H7BrO2S. The number of halogens is 1. The summed E-state index contributed by atoms with van der Waals surface area (Å²) in [6, 6.07) is 5.42. The van der Waals surface area contributed by atoms with Crippen molar-refractivity contribution in [2.45, 2.75) is 11.3 Å². The fourth-order valence-electron chi connectivity index (χ4n) is 1.38. The summed E-state index contributed by atoms with van der Waals surface area (Å²) < 4.78 is 23.6. The third-order valence-electron chi connectivity index (χ3n) is 2.00. The molecule has 1 aromatic rings. The molecule has 0 spiro atoms. The Labute approximate surface area is 79.6 Å². The van der Waals surface area contributed by atoms with Crippen molar-refractivity contribution in [3.05, 3.63) is 28.2 Å². The maximum atomic E-state index is 11.4. The summed E-state index contributed by atoms with van der Waals surface area (Å²) in [6.07, 6.45) is 0.658. The number of rotatable bonds is 0. The van der Waals surface area contributed by atoms with Crippen LogP contribution < -0.4 is 0 Å². The smallest absolute Gasteiger partial charge is 0.179 e. The van der Waals surface area contributed by atoms with Gasteiger partial charge in [0.05, 0.1) is 10.6 Å². The fraction of sp³-hybridized carbons (Fsp3) is 0.250. The lowest BCUT2D eigenvalue weighted by molar-refractivity contribution is 0.600. The molecule has 12 heavy (non-hydrogen) atoms. The van der Waals surface area contributed by atoms with Crippen LogP contribution in [0, 0.1) is 0 Å². The van der Waals surface area contributed by atoms with E-state index < -0.39 is 9.84 Å². The van der Waals surface area contributed by atoms with Crippen LogP contribution >= 0.6 is 15.9 Å². The second-order valence-corrected chi connectivity index (χ2v) is 5.81. The summed E-state index contributed by atoms with van der Waals surface area (Å²) in [5.74, 6) is 0.263. The monoisotopic (exact) mass is 246 g/mol. The number of benzene rings is 1. The molecule has 0 aliphatic carbocycles. The van der Waals surface area contributed by atoms with E-state index in [2.05, 4.69) is 15.9 Å². The summed E-state index contributed by atoms with van der Waals surface area (Å²) in [5.41, 5.74) is 0.943. The van der Waals surface area contributed by atoms with E-state index in [4.69, 9.17) is 0 Å². The number of hydrogen-bond acceptors (Lipinski definition) is 2. The van der Waals surface area contributed by atoms with Gasteiger partial charge >= 0.3 is 0 Å². The number of aryl methyl sites for hydroxylation is 1. The van der Waals surface area contributed by atoms with E-state index in [1.165, 1.54) is 0 Å². The van der Waals surface area contributed by atoms with Crippen LogP contribution in [0.1, 0.15) is 5.56 Å². The van der Waals surface area contributed by atoms with Gasteiger partial charge in [-0.2, -0.15) is 0 Å². The van der Waals surface area contributed by atoms with Crippen molar-refractivity contribution in [1.29, 1.82) is 0 Å². The average molecular weight is 247 g/mol. The number of hydrogen-bond donors (Lipinski definition) is 0. The number of fused-ring (bicyclic) bond motifs is 1. The quantitative estimate of drug-likeness (QED) is 0.700. The highest BCUT2D eigenvalue weighted by molar-refractivity contribution is 9.10. The molecule has 0 amide bonds. The molecule has 0 unspecified atom stereocenters. The summed E-state index contributed by atoms with van der Waals surface area (Å²) in [6.45, 7) is 0. The van der Waals surface area contributed by atoms with E-state index in [0.29, 0.717) is 11.3 Å². The van der Waals surface area contributed by atoms with Crippen molar-refractivity contribution in [1.82, 2.24) is 0 Å². The minimum Gasteiger partial charge on any atom is -0.224 e. The molecule has 0 fully saturated rings. The van der Waals surface area contributed by atoms with E-state index in [0.717, 1.165) is 10.0 Å². The second kappa shape index (κ2) is 2.57. The zero-order valence-corrected chi connectivity index (χ0v) is 8.65. The van der Waals surface area contributed by atoms with Gasteiger partial charge in [-0.3, -0.25) is 0 Å². The molecule has 1 heterocycles. The van der Waals surface area contributed by atoms with Gasteiger partial charge in [-0.15, -0.1) is 0 Å². The first-order chi connectivity index (χ1) is 5.59. The highest BCUT2D eigenvalue weighted by atomic mass is 79.9. The van der Waals surface area contributed by atoms with Gasteiger partial charge in [-0.1, -0.05) is 22.0 Å². The van der Waals surface area contributed by atoms with Crippen LogP contribution in [0.4, 0.5) is 0 Å². The minimum absolute atomic E-state index is 0.263. The highest BCUT2D eigenvalue weighted by Gasteiger charge is 2.25. The van der Waals surface area contributed by atoms with E-state index in [1.54, 1.807) is 6.07 Å². The Morgan fingerprint density at radius 1 is 1.33 bits per heavy atom. The molecule has 1 aromatic carbocycles. The van der Waals surface area contributed by atoms with Gasteiger partial charge in [-0.05, 0) is 24.1 Å². The molecule has 0 saturated heterocycles. The van der Waals surface area contributed by atoms with E-state index in [-0.39, 0.29) is 5.75 Å². The molecule has 4 heteroatoms. The molecule has 64 valence electrons. The molecule has 0 bridgehead atoms. The van der Waals surface area contributed by atoms with Crippen molar-refractivity contribution in [2.24, 2.45) is 0 Å². The Balaban J connectivity index is 2.73. The minimum atomic E-state index is -2.96. The first-order valence-electron chi connectivity index (χ1n) is 3.61. The van der Waals surface area contributed by atoms with Crippen LogP contribution in [0.3, 0.4) is 0 Å². The van der Waals surface area contributed by atoms with Gasteiger partial charge in [0.15, 0.2) is 9.84 Å². The molecule has 0 aromatic heterocycles. The lowest BCUT2D eigenvalue weighted by atomic mass is 10.2. The van der Waals surface area contributed by atoms with Crippen molar-refractivity contribution < 1.29 is 8.42 Å². The third kappa shape index (κ3) is 1.19. The Bertz CT molecular complexity index is 423. The van der Waals surface area contributed by atoms with Crippen molar-refractivity contribution in [3.8, 4) is 0 Å². The summed E-state index contributed by atoms with van der Waals surface area (Å²) in [7, 11) is -2.96. The average Bonchev–Trinajstić information content (AvgIpc) is 2.28. The molecule has 0 saturated carbocycles. The number of sulfone groups is 1. The van der Waals surface area contributed by atoms with Crippen LogP contribution in [-0.4, -0.2) is 14.2 Å². The first kappa shape index (κ1) is 8.26. The van der Waals surface area contributed by atoms with Crippen molar-refractivity contribution in [2.75, 3.05) is 5.75 Å². The zero-order valence-electron chi connectivity index (χ0n) is 6.25. The lowest BCUT2D eigenvalue weighted by Gasteiger charge is -1.97. The Hall–Kier alpha value is -0.350. The van der Waals surface area contributed by atoms with Crippen LogP contribution in [-0.2, 0) is 16.3 Å². The first-order valence-corrected chi connectivity index (χ1v) is 6.05. The molecule has 1 aliphatic heterocycles. The van der Waals surface area contributed by atoms with Gasteiger partial charge in [0.2, 0.25) is 0 Å². The summed E-state index contributed by atoms with van der Waals surface area (Å²) in [5, 5.41) is 0. The van der Waals surface area contributed by atoms with Crippen molar-refractivity contribution in [3.63, 3.8) is 0 Å². The molecule has 0 radical (unpaired) electrons. The van der Waals surface area contributed by atoms with E-state index in [9.17, 15) is 8.42 Å². The second-order valence-electron chi connectivity index (χ2n) is 2.82. The van der Waals surface area contributed by atoms with E-state index in [1.807, 2.05) is 12.1 Å². The standard InChI is InChI=1S/C8H7BrO2S/c9-7-2-1-6-3-4-12(10,11)8(6)5-7/h1-2,5H,3-4H2. The third-order valence-corrected chi connectivity index (χ3v) is 4.29. The Morgan fingerprint density at radius 3 is 2.83 bits per heavy atom. The Morgan fingerprint density at radius 2 is 2.08 bits per heavy atom. The zero-order chi connectivity index (χ0) is 8.77. The molecule has 2 nitrogen and oxygen atoms in total. The van der Waals surface area contributed by atoms with Gasteiger partial charge < -0.3 is 0 Å². The predicted molar refractivity (Wildman–Crippen MR) is 49.9 cm³/mol. The lowest BCUT2D eigenvalue weighted by Crippen LogP contribution is -1.98. The molecule has 0 N–H and O–H groups in total. The molecule has 0 atom stereocenters. The highest BCUT2D eigenvalue weighted by Crippen LogP contribution is 2.28. The van der Waals surface area contributed by atoms with Gasteiger partial charge in [-0.25, -0.2) is 8.42 Å². The van der Waals surface area contributed by atoms with Crippen LogP contribution in [0.5, 0.6) is 0 Å². The maximum Gasteiger partial charge on any atom is 0.179 e. The van der Waals surface area contributed by atoms with Gasteiger partial charge in [0.25, 0.3) is 0 Å². The molecule has 1 aliphatic rings. The van der Waals surface area contributed by atoms with Crippen LogP contribution in [0.25, 0.3) is 0 Å². The normalized spacial score (nSPS) is 19.1. The van der Waals surface area contributed by atoms with Gasteiger partial charge in [0.1, 0.15) is 0 Å². The summed E-state index contributed by atoms with van der Waals surface area (Å²) in [4.78, 5) is 0.497. The molecular weight excluding hydrogens is 240 g/mol. The van der Waals surface area contributed by atoms with Crippen LogP contribution in [0.15, 0.2) is 27.6 Å². The molecule has 2 rings (SSSR count). The Kier molecular flexibility index (Phi) is 1.77. The maximum absolute atomic E-state index is 11.4. The largest absolute Gasteiger partial charge is 0.224 e. The summed E-state index contributed by atoms with van der Waals surface area (Å²) >= 11 is 3.25. The van der Waals surface area contributed by atoms with Crippen molar-refractivity contribution >= 4 is 25.8 Å². The van der Waals surface area contributed by atoms with Crippen LogP contribution in [0.2, 0.25) is 0 Å². The van der Waals surface area contributed by atoms with E-state index >= 15 is 0 Å². The fourth-order valence-corrected chi connectivity index (χ4v) is 3.48. The predicted octanol–water partition coefficient (Wildman–Crippen LogP) is 1.78.